The number of benzene rings is 1. The maximum atomic E-state index is 6.10. The number of ether oxygens (including phenoxy) is 1. The van der Waals surface area contributed by atoms with Crippen LogP contribution in [0.1, 0.15) is 12.5 Å². The van der Waals surface area contributed by atoms with Gasteiger partial charge >= 0.3 is 6.01 Å². The van der Waals surface area contributed by atoms with E-state index in [1.54, 1.807) is 18.0 Å². The molecule has 1 aromatic carbocycles. The molecule has 1 aromatic heterocycles. The Labute approximate surface area is 129 Å². The number of halogens is 1. The van der Waals surface area contributed by atoms with Crippen LogP contribution < -0.4 is 15.0 Å². The van der Waals surface area contributed by atoms with Crippen LogP contribution in [0.2, 0.25) is 5.02 Å². The Morgan fingerprint density at radius 1 is 1.24 bits per heavy atom. The summed E-state index contributed by atoms with van der Waals surface area (Å²) in [7, 11) is 5.46. The second-order valence-electron chi connectivity index (χ2n) is 4.59. The van der Waals surface area contributed by atoms with Crippen LogP contribution in [0.4, 0.5) is 11.9 Å². The van der Waals surface area contributed by atoms with Crippen LogP contribution in [0.15, 0.2) is 18.2 Å². The van der Waals surface area contributed by atoms with Gasteiger partial charge in [-0.25, -0.2) is 0 Å². The van der Waals surface area contributed by atoms with Crippen LogP contribution in [0.3, 0.4) is 0 Å². The van der Waals surface area contributed by atoms with Gasteiger partial charge in [0.2, 0.25) is 11.9 Å². The van der Waals surface area contributed by atoms with Crippen molar-refractivity contribution in [2.24, 2.45) is 0 Å². The summed E-state index contributed by atoms with van der Waals surface area (Å²) in [6.45, 7) is 2.04. The van der Waals surface area contributed by atoms with Crippen molar-refractivity contribution < 1.29 is 4.74 Å². The molecular formula is C14H18ClN5O. The molecule has 7 heteroatoms. The minimum Gasteiger partial charge on any atom is -0.424 e. The highest BCUT2D eigenvalue weighted by molar-refractivity contribution is 6.31. The summed E-state index contributed by atoms with van der Waals surface area (Å²) in [5, 5.41) is 3.62. The standard InChI is InChI=1S/C14H18ClN5O/c1-5-9-8-10(6-7-11(9)15)21-14-18-12(16-2)17-13(19-14)20(3)4/h6-8H,5H2,1-4H3,(H,16,17,18,19). The lowest BCUT2D eigenvalue weighted by Gasteiger charge is -2.13. The van der Waals surface area contributed by atoms with Gasteiger partial charge < -0.3 is 15.0 Å². The predicted molar refractivity (Wildman–Crippen MR) is 84.6 cm³/mol. The third-order valence-electron chi connectivity index (χ3n) is 2.83. The van der Waals surface area contributed by atoms with Gasteiger partial charge in [-0.2, -0.15) is 15.0 Å². The summed E-state index contributed by atoms with van der Waals surface area (Å²) >= 11 is 6.10. The Hall–Kier alpha value is -2.08. The van der Waals surface area contributed by atoms with Crippen LogP contribution in [-0.2, 0) is 6.42 Å². The molecule has 21 heavy (non-hydrogen) atoms. The Bertz CT molecular complexity index is 633. The van der Waals surface area contributed by atoms with Crippen molar-refractivity contribution in [2.45, 2.75) is 13.3 Å². The molecule has 0 aliphatic carbocycles. The molecule has 0 unspecified atom stereocenters. The normalized spacial score (nSPS) is 10.3. The van der Waals surface area contributed by atoms with Crippen molar-refractivity contribution in [1.82, 2.24) is 15.0 Å². The molecule has 0 fully saturated rings. The highest BCUT2D eigenvalue weighted by Crippen LogP contribution is 2.26. The first-order valence-corrected chi connectivity index (χ1v) is 6.98. The summed E-state index contributed by atoms with van der Waals surface area (Å²) in [6.07, 6.45) is 0.831. The first-order chi connectivity index (χ1) is 10.0. The number of anilines is 2. The fraction of sp³-hybridized carbons (Fsp3) is 0.357. The first-order valence-electron chi connectivity index (χ1n) is 6.61. The van der Waals surface area contributed by atoms with Crippen molar-refractivity contribution in [1.29, 1.82) is 0 Å². The molecule has 6 nitrogen and oxygen atoms in total. The zero-order chi connectivity index (χ0) is 15.4. The third-order valence-corrected chi connectivity index (χ3v) is 3.20. The average Bonchev–Trinajstić information content (AvgIpc) is 2.48. The molecule has 2 aromatic rings. The van der Waals surface area contributed by atoms with Gasteiger partial charge in [-0.1, -0.05) is 18.5 Å². The van der Waals surface area contributed by atoms with E-state index < -0.39 is 0 Å². The van der Waals surface area contributed by atoms with Gasteiger partial charge in [0.05, 0.1) is 0 Å². The van der Waals surface area contributed by atoms with Crippen molar-refractivity contribution in [3.05, 3.63) is 28.8 Å². The molecule has 0 radical (unpaired) electrons. The number of nitrogens with one attached hydrogen (secondary N) is 1. The van der Waals surface area contributed by atoms with E-state index in [0.29, 0.717) is 17.6 Å². The number of nitrogens with zero attached hydrogens (tertiary/aromatic N) is 4. The van der Waals surface area contributed by atoms with Gasteiger partial charge in [-0.15, -0.1) is 0 Å². The molecule has 0 amide bonds. The van der Waals surface area contributed by atoms with Gasteiger partial charge in [0.1, 0.15) is 5.75 Å². The van der Waals surface area contributed by atoms with E-state index in [1.165, 1.54) is 0 Å². The Morgan fingerprint density at radius 3 is 2.62 bits per heavy atom. The van der Waals surface area contributed by atoms with Crippen LogP contribution in [0.5, 0.6) is 11.8 Å². The zero-order valence-corrected chi connectivity index (χ0v) is 13.3. The van der Waals surface area contributed by atoms with E-state index in [0.717, 1.165) is 17.0 Å². The Kier molecular flexibility index (Phi) is 4.80. The lowest BCUT2D eigenvalue weighted by atomic mass is 10.1. The van der Waals surface area contributed by atoms with Gasteiger partial charge in [0.25, 0.3) is 0 Å². The second kappa shape index (κ2) is 6.58. The van der Waals surface area contributed by atoms with E-state index in [-0.39, 0.29) is 6.01 Å². The number of aryl methyl sites for hydroxylation is 1. The molecule has 0 aliphatic rings. The second-order valence-corrected chi connectivity index (χ2v) is 5.00. The van der Waals surface area contributed by atoms with Gasteiger partial charge in [0, 0.05) is 26.2 Å². The number of rotatable bonds is 5. The summed E-state index contributed by atoms with van der Waals surface area (Å²) in [6, 6.07) is 5.73. The number of hydrogen-bond acceptors (Lipinski definition) is 6. The SMILES string of the molecule is CCc1cc(Oc2nc(NC)nc(N(C)C)n2)ccc1Cl. The molecule has 1 heterocycles. The van der Waals surface area contributed by atoms with Crippen LogP contribution >= 0.6 is 11.6 Å². The van der Waals surface area contributed by atoms with Crippen molar-refractivity contribution >= 4 is 23.5 Å². The maximum Gasteiger partial charge on any atom is 0.328 e. The van der Waals surface area contributed by atoms with Gasteiger partial charge in [0.15, 0.2) is 0 Å². The van der Waals surface area contributed by atoms with E-state index in [4.69, 9.17) is 16.3 Å². The molecule has 0 atom stereocenters. The monoisotopic (exact) mass is 307 g/mol. The summed E-state index contributed by atoms with van der Waals surface area (Å²) < 4.78 is 5.72. The Balaban J connectivity index is 2.32. The molecule has 1 N–H and O–H groups in total. The predicted octanol–water partition coefficient (Wildman–Crippen LogP) is 2.99. The summed E-state index contributed by atoms with van der Waals surface area (Å²) in [5.74, 6) is 1.62. The fourth-order valence-electron chi connectivity index (χ4n) is 1.69. The molecule has 0 aliphatic heterocycles. The Morgan fingerprint density at radius 2 is 2.00 bits per heavy atom. The molecule has 0 saturated carbocycles. The molecule has 2 rings (SSSR count). The van der Waals surface area contributed by atoms with Crippen molar-refractivity contribution in [3.8, 4) is 11.8 Å². The molecule has 0 saturated heterocycles. The van der Waals surface area contributed by atoms with Crippen molar-refractivity contribution in [2.75, 3.05) is 31.4 Å². The molecule has 0 bridgehead atoms. The fourth-order valence-corrected chi connectivity index (χ4v) is 1.95. The maximum absolute atomic E-state index is 6.10. The van der Waals surface area contributed by atoms with E-state index in [2.05, 4.69) is 20.3 Å². The lowest BCUT2D eigenvalue weighted by molar-refractivity contribution is 0.440. The molecular weight excluding hydrogens is 290 g/mol. The summed E-state index contributed by atoms with van der Waals surface area (Å²) in [4.78, 5) is 14.5. The van der Waals surface area contributed by atoms with Gasteiger partial charge in [-0.3, -0.25) is 0 Å². The summed E-state index contributed by atoms with van der Waals surface area (Å²) in [5.41, 5.74) is 1.02. The minimum absolute atomic E-state index is 0.238. The smallest absolute Gasteiger partial charge is 0.328 e. The highest BCUT2D eigenvalue weighted by atomic mass is 35.5. The lowest BCUT2D eigenvalue weighted by Crippen LogP contribution is -2.15. The van der Waals surface area contributed by atoms with E-state index in [1.807, 2.05) is 33.2 Å². The van der Waals surface area contributed by atoms with Gasteiger partial charge in [-0.05, 0) is 30.2 Å². The van der Waals surface area contributed by atoms with E-state index >= 15 is 0 Å². The topological polar surface area (TPSA) is 63.2 Å². The van der Waals surface area contributed by atoms with E-state index in [9.17, 15) is 0 Å². The average molecular weight is 308 g/mol. The van der Waals surface area contributed by atoms with Crippen LogP contribution in [0, 0.1) is 0 Å². The highest BCUT2D eigenvalue weighted by Gasteiger charge is 2.10. The van der Waals surface area contributed by atoms with Crippen molar-refractivity contribution in [3.63, 3.8) is 0 Å². The molecule has 0 spiro atoms. The minimum atomic E-state index is 0.238. The first kappa shape index (κ1) is 15.3. The number of hydrogen-bond donors (Lipinski definition) is 1. The number of aromatic nitrogens is 3. The largest absolute Gasteiger partial charge is 0.424 e. The molecule has 112 valence electrons. The zero-order valence-electron chi connectivity index (χ0n) is 12.5. The van der Waals surface area contributed by atoms with Crippen LogP contribution in [-0.4, -0.2) is 36.1 Å². The quantitative estimate of drug-likeness (QED) is 0.916. The third kappa shape index (κ3) is 3.72. The van der Waals surface area contributed by atoms with Crippen LogP contribution in [0.25, 0.3) is 0 Å².